The maximum Gasteiger partial charge on any atom is 0.305 e. The van der Waals surface area contributed by atoms with Crippen LogP contribution < -0.4 is 0 Å². The second-order valence-corrected chi connectivity index (χ2v) is 9.66. The van der Waals surface area contributed by atoms with E-state index >= 15 is 0 Å². The van der Waals surface area contributed by atoms with Gasteiger partial charge in [-0.1, -0.05) is 25.6 Å². The number of allylic oxidation sites excluding steroid dienone is 1. The first kappa shape index (κ1) is 15.9. The van der Waals surface area contributed by atoms with Crippen molar-refractivity contribution in [2.45, 2.75) is 45.0 Å². The highest BCUT2D eigenvalue weighted by Crippen LogP contribution is 2.03. The lowest BCUT2D eigenvalue weighted by Gasteiger charge is -2.04. The summed E-state index contributed by atoms with van der Waals surface area (Å²) in [6, 6.07) is 0. The summed E-state index contributed by atoms with van der Waals surface area (Å²) < 4.78 is 4.51. The molecule has 0 radical (unpaired) electrons. The molecule has 0 aliphatic heterocycles. The molecule has 0 heterocycles. The van der Waals surface area contributed by atoms with E-state index in [1.165, 1.54) is 7.11 Å². The monoisotopic (exact) mass is 254 g/mol. The molecule has 0 aromatic carbocycles. The second-order valence-electron chi connectivity index (χ2n) is 4.91. The molecule has 0 spiro atoms. The van der Waals surface area contributed by atoms with Gasteiger partial charge in [0, 0.05) is 6.42 Å². The van der Waals surface area contributed by atoms with Gasteiger partial charge in [0.2, 0.25) is 0 Å². The minimum atomic E-state index is -1.33. The van der Waals surface area contributed by atoms with Crippen LogP contribution in [0.25, 0.3) is 0 Å². The molecule has 4 heteroatoms. The van der Waals surface area contributed by atoms with Gasteiger partial charge in [0.25, 0.3) is 0 Å². The molecule has 0 amide bonds. The van der Waals surface area contributed by atoms with E-state index in [-0.39, 0.29) is 5.97 Å². The Kier molecular flexibility index (Phi) is 7.60. The molecule has 1 unspecified atom stereocenters. The molecule has 0 aromatic heterocycles. The van der Waals surface area contributed by atoms with E-state index in [1.54, 1.807) is 12.2 Å². The highest BCUT2D eigenvalue weighted by atomic mass is 28.3. The van der Waals surface area contributed by atoms with Crippen LogP contribution in [0.5, 0.6) is 0 Å². The van der Waals surface area contributed by atoms with Gasteiger partial charge in [0.1, 0.15) is 8.07 Å². The lowest BCUT2D eigenvalue weighted by molar-refractivity contribution is -0.140. The minimum absolute atomic E-state index is 0.236. The van der Waals surface area contributed by atoms with Crippen LogP contribution in [0.2, 0.25) is 19.6 Å². The molecule has 1 N–H and O–H groups in total. The number of esters is 1. The van der Waals surface area contributed by atoms with Gasteiger partial charge in [-0.3, -0.25) is 4.79 Å². The van der Waals surface area contributed by atoms with Gasteiger partial charge in [-0.05, 0) is 25.0 Å². The smallest absolute Gasteiger partial charge is 0.305 e. The van der Waals surface area contributed by atoms with Crippen LogP contribution in [0.1, 0.15) is 19.3 Å². The van der Waals surface area contributed by atoms with E-state index in [9.17, 15) is 9.90 Å². The number of rotatable bonds is 5. The number of ether oxygens (including phenoxy) is 1. The summed E-state index contributed by atoms with van der Waals surface area (Å²) in [6.45, 7) is 6.50. The molecule has 96 valence electrons. The Balaban J connectivity index is 3.85. The number of hydrogen-bond acceptors (Lipinski definition) is 3. The zero-order valence-corrected chi connectivity index (χ0v) is 12.1. The molecule has 1 atom stereocenters. The van der Waals surface area contributed by atoms with Crippen molar-refractivity contribution in [3.05, 3.63) is 12.2 Å². The minimum Gasteiger partial charge on any atom is -0.469 e. The molecule has 0 saturated carbocycles. The van der Waals surface area contributed by atoms with Crippen LogP contribution >= 0.6 is 0 Å². The van der Waals surface area contributed by atoms with Gasteiger partial charge >= 0.3 is 5.97 Å². The van der Waals surface area contributed by atoms with E-state index in [0.717, 1.165) is 0 Å². The largest absolute Gasteiger partial charge is 0.469 e. The van der Waals surface area contributed by atoms with Crippen LogP contribution in [0.3, 0.4) is 0 Å². The third kappa shape index (κ3) is 11.2. The Hall–Kier alpha value is -1.05. The fourth-order valence-corrected chi connectivity index (χ4v) is 1.59. The first-order valence-electron chi connectivity index (χ1n) is 5.79. The van der Waals surface area contributed by atoms with Crippen molar-refractivity contribution in [1.29, 1.82) is 0 Å². The van der Waals surface area contributed by atoms with E-state index in [4.69, 9.17) is 0 Å². The van der Waals surface area contributed by atoms with Crippen molar-refractivity contribution in [1.82, 2.24) is 0 Å². The number of carbonyl (C=O) groups is 1. The average molecular weight is 254 g/mol. The van der Waals surface area contributed by atoms with Gasteiger partial charge in [0.15, 0.2) is 0 Å². The van der Waals surface area contributed by atoms with Crippen molar-refractivity contribution in [2.75, 3.05) is 7.11 Å². The summed E-state index contributed by atoms with van der Waals surface area (Å²) in [5.74, 6) is 2.71. The fraction of sp³-hybridized carbons (Fsp3) is 0.615. The van der Waals surface area contributed by atoms with Crippen molar-refractivity contribution in [3.63, 3.8) is 0 Å². The first-order valence-corrected chi connectivity index (χ1v) is 9.29. The van der Waals surface area contributed by atoms with E-state index < -0.39 is 14.2 Å². The molecule has 0 bridgehead atoms. The van der Waals surface area contributed by atoms with Gasteiger partial charge in [-0.2, -0.15) is 0 Å². The Morgan fingerprint density at radius 3 is 2.65 bits per heavy atom. The SMILES string of the molecule is COC(=O)CCCC(O)/C=C/C#C[Si](C)(C)C. The maximum absolute atomic E-state index is 10.8. The summed E-state index contributed by atoms with van der Waals surface area (Å²) in [5.41, 5.74) is 3.18. The highest BCUT2D eigenvalue weighted by molar-refractivity contribution is 6.83. The summed E-state index contributed by atoms with van der Waals surface area (Å²) in [6.07, 6.45) is 4.36. The Morgan fingerprint density at radius 2 is 2.12 bits per heavy atom. The second kappa shape index (κ2) is 8.10. The molecule has 0 aromatic rings. The summed E-state index contributed by atoms with van der Waals surface area (Å²) in [7, 11) is 0.0361. The number of methoxy groups -OCH3 is 1. The zero-order chi connectivity index (χ0) is 13.3. The van der Waals surface area contributed by atoms with Crippen LogP contribution in [-0.4, -0.2) is 32.4 Å². The van der Waals surface area contributed by atoms with Crippen molar-refractivity contribution >= 4 is 14.0 Å². The van der Waals surface area contributed by atoms with Crippen molar-refractivity contribution in [2.24, 2.45) is 0 Å². The molecular formula is C13H22O3Si. The van der Waals surface area contributed by atoms with E-state index in [0.29, 0.717) is 19.3 Å². The molecule has 3 nitrogen and oxygen atoms in total. The maximum atomic E-state index is 10.8. The Labute approximate surface area is 105 Å². The molecule has 0 saturated heterocycles. The topological polar surface area (TPSA) is 46.5 Å². The van der Waals surface area contributed by atoms with Gasteiger partial charge < -0.3 is 9.84 Å². The van der Waals surface area contributed by atoms with Crippen molar-refractivity contribution < 1.29 is 14.6 Å². The van der Waals surface area contributed by atoms with E-state index in [2.05, 4.69) is 35.8 Å². The number of aliphatic hydroxyl groups excluding tert-OH is 1. The van der Waals surface area contributed by atoms with Gasteiger partial charge in [-0.25, -0.2) is 0 Å². The number of carbonyl (C=O) groups excluding carboxylic acids is 1. The van der Waals surface area contributed by atoms with Crippen LogP contribution in [0.4, 0.5) is 0 Å². The first-order chi connectivity index (χ1) is 7.85. The molecule has 0 rings (SSSR count). The Morgan fingerprint density at radius 1 is 1.47 bits per heavy atom. The quantitative estimate of drug-likeness (QED) is 0.464. The van der Waals surface area contributed by atoms with Gasteiger partial charge in [0.05, 0.1) is 13.2 Å². The predicted molar refractivity (Wildman–Crippen MR) is 72.1 cm³/mol. The summed E-state index contributed by atoms with van der Waals surface area (Å²) in [5, 5.41) is 9.57. The summed E-state index contributed by atoms with van der Waals surface area (Å²) >= 11 is 0. The standard InChI is InChI=1S/C13H22O3Si/c1-16-13(15)10-7-9-12(14)8-5-6-11-17(2,3)4/h5,8,12,14H,7,9-10H2,1-4H3/b8-5+. The van der Waals surface area contributed by atoms with Crippen molar-refractivity contribution in [3.8, 4) is 11.5 Å². The fourth-order valence-electron chi connectivity index (χ4n) is 1.07. The molecule has 0 aliphatic carbocycles. The zero-order valence-electron chi connectivity index (χ0n) is 11.1. The molecular weight excluding hydrogens is 232 g/mol. The van der Waals surface area contributed by atoms with Gasteiger partial charge in [-0.15, -0.1) is 5.54 Å². The summed E-state index contributed by atoms with van der Waals surface area (Å²) in [4.78, 5) is 10.8. The van der Waals surface area contributed by atoms with E-state index in [1.807, 2.05) is 0 Å². The van der Waals surface area contributed by atoms with Crippen LogP contribution in [-0.2, 0) is 9.53 Å². The predicted octanol–water partition coefficient (Wildman–Crippen LogP) is 2.13. The lowest BCUT2D eigenvalue weighted by atomic mass is 10.1. The average Bonchev–Trinajstić information content (AvgIpc) is 2.23. The lowest BCUT2D eigenvalue weighted by Crippen LogP contribution is -2.16. The third-order valence-corrected chi connectivity index (χ3v) is 2.85. The molecule has 0 aliphatic rings. The molecule has 17 heavy (non-hydrogen) atoms. The Bertz CT molecular complexity index is 318. The normalized spacial score (nSPS) is 13.0. The third-order valence-electron chi connectivity index (χ3n) is 1.96. The van der Waals surface area contributed by atoms with Crippen LogP contribution in [0.15, 0.2) is 12.2 Å². The number of hydrogen-bond donors (Lipinski definition) is 1. The highest BCUT2D eigenvalue weighted by Gasteiger charge is 2.06. The molecule has 0 fully saturated rings. The number of aliphatic hydroxyl groups is 1. The van der Waals surface area contributed by atoms with Crippen LogP contribution in [0, 0.1) is 11.5 Å².